The van der Waals surface area contributed by atoms with Crippen LogP contribution in [0.4, 0.5) is 5.69 Å². The SMILES string of the molecule is COc1ccccc1NC(=O)c1nc(-c2ccccc2)n(-c2ccccc2C)n1. The predicted molar refractivity (Wildman–Crippen MR) is 112 cm³/mol. The molecule has 0 radical (unpaired) electrons. The summed E-state index contributed by atoms with van der Waals surface area (Å²) >= 11 is 0. The normalized spacial score (nSPS) is 10.6. The van der Waals surface area contributed by atoms with Crippen molar-refractivity contribution >= 4 is 11.6 Å². The first kappa shape index (κ1) is 18.4. The van der Waals surface area contributed by atoms with Gasteiger partial charge in [0.05, 0.1) is 18.5 Å². The van der Waals surface area contributed by atoms with Gasteiger partial charge in [-0.25, -0.2) is 9.67 Å². The zero-order chi connectivity index (χ0) is 20.2. The van der Waals surface area contributed by atoms with E-state index in [2.05, 4.69) is 15.4 Å². The molecule has 6 nitrogen and oxygen atoms in total. The first-order valence-electron chi connectivity index (χ1n) is 9.20. The van der Waals surface area contributed by atoms with E-state index in [1.807, 2.05) is 73.7 Å². The quantitative estimate of drug-likeness (QED) is 0.550. The standard InChI is InChI=1S/C23H20N4O2/c1-16-10-6-8-14-19(16)27-22(17-11-4-3-5-12-17)25-21(26-27)23(28)24-18-13-7-9-15-20(18)29-2/h3-15H,1-2H3,(H,24,28). The number of nitrogens with zero attached hydrogens (tertiary/aromatic N) is 3. The lowest BCUT2D eigenvalue weighted by Gasteiger charge is -2.08. The minimum atomic E-state index is -0.404. The predicted octanol–water partition coefficient (Wildman–Crippen LogP) is 4.50. The lowest BCUT2D eigenvalue weighted by atomic mass is 10.2. The molecule has 29 heavy (non-hydrogen) atoms. The summed E-state index contributed by atoms with van der Waals surface area (Å²) in [5, 5.41) is 7.36. The van der Waals surface area contributed by atoms with Crippen molar-refractivity contribution in [1.82, 2.24) is 14.8 Å². The van der Waals surface area contributed by atoms with Gasteiger partial charge in [-0.1, -0.05) is 60.7 Å². The van der Waals surface area contributed by atoms with Crippen LogP contribution in [0, 0.1) is 6.92 Å². The molecule has 0 aliphatic carbocycles. The number of para-hydroxylation sites is 3. The van der Waals surface area contributed by atoms with Crippen LogP contribution in [0.5, 0.6) is 5.75 Å². The Balaban J connectivity index is 1.77. The van der Waals surface area contributed by atoms with E-state index in [0.717, 1.165) is 16.8 Å². The highest BCUT2D eigenvalue weighted by atomic mass is 16.5. The summed E-state index contributed by atoms with van der Waals surface area (Å²) in [6, 6.07) is 24.8. The third-order valence-corrected chi connectivity index (χ3v) is 4.54. The lowest BCUT2D eigenvalue weighted by molar-refractivity contribution is 0.101. The number of benzene rings is 3. The van der Waals surface area contributed by atoms with Gasteiger partial charge in [-0.2, -0.15) is 0 Å². The molecule has 0 aliphatic heterocycles. The maximum Gasteiger partial charge on any atom is 0.295 e. The molecule has 0 unspecified atom stereocenters. The summed E-state index contributed by atoms with van der Waals surface area (Å²) < 4.78 is 7.01. The fourth-order valence-corrected chi connectivity index (χ4v) is 3.08. The van der Waals surface area contributed by atoms with Crippen molar-refractivity contribution in [3.8, 4) is 22.8 Å². The average molecular weight is 384 g/mol. The third kappa shape index (κ3) is 3.73. The number of aryl methyl sites for hydroxylation is 1. The molecule has 0 bridgehead atoms. The Hall–Kier alpha value is -3.93. The van der Waals surface area contributed by atoms with Crippen LogP contribution < -0.4 is 10.1 Å². The molecular weight excluding hydrogens is 364 g/mol. The molecular formula is C23H20N4O2. The smallest absolute Gasteiger partial charge is 0.295 e. The fourth-order valence-electron chi connectivity index (χ4n) is 3.08. The van der Waals surface area contributed by atoms with Gasteiger partial charge in [0.1, 0.15) is 5.75 Å². The second-order valence-electron chi connectivity index (χ2n) is 6.48. The van der Waals surface area contributed by atoms with E-state index < -0.39 is 5.91 Å². The summed E-state index contributed by atoms with van der Waals surface area (Å²) in [5.41, 5.74) is 3.34. The number of rotatable bonds is 5. The van der Waals surface area contributed by atoms with E-state index in [1.54, 1.807) is 23.9 Å². The van der Waals surface area contributed by atoms with Gasteiger partial charge in [0, 0.05) is 5.56 Å². The molecule has 0 aliphatic rings. The highest BCUT2D eigenvalue weighted by molar-refractivity contribution is 6.02. The third-order valence-electron chi connectivity index (χ3n) is 4.54. The van der Waals surface area contributed by atoms with Crippen molar-refractivity contribution in [3.05, 3.63) is 90.3 Å². The van der Waals surface area contributed by atoms with Crippen molar-refractivity contribution in [3.63, 3.8) is 0 Å². The molecule has 0 atom stereocenters. The Morgan fingerprint density at radius 1 is 0.931 bits per heavy atom. The fraction of sp³-hybridized carbons (Fsp3) is 0.0870. The van der Waals surface area contributed by atoms with Gasteiger partial charge in [-0.3, -0.25) is 4.79 Å². The Morgan fingerprint density at radius 3 is 2.38 bits per heavy atom. The van der Waals surface area contributed by atoms with Crippen LogP contribution in [0.15, 0.2) is 78.9 Å². The Bertz CT molecular complexity index is 1150. The van der Waals surface area contributed by atoms with Gasteiger partial charge in [-0.15, -0.1) is 5.10 Å². The zero-order valence-corrected chi connectivity index (χ0v) is 16.2. The van der Waals surface area contributed by atoms with E-state index in [4.69, 9.17) is 4.74 Å². The van der Waals surface area contributed by atoms with Crippen molar-refractivity contribution in [1.29, 1.82) is 0 Å². The number of ether oxygens (including phenoxy) is 1. The van der Waals surface area contributed by atoms with Gasteiger partial charge in [0.2, 0.25) is 5.82 Å². The van der Waals surface area contributed by atoms with E-state index >= 15 is 0 Å². The van der Waals surface area contributed by atoms with Crippen LogP contribution in [0.2, 0.25) is 0 Å². The second kappa shape index (κ2) is 7.98. The molecule has 6 heteroatoms. The van der Waals surface area contributed by atoms with Gasteiger partial charge in [-0.05, 0) is 30.7 Å². The van der Waals surface area contributed by atoms with E-state index in [9.17, 15) is 4.79 Å². The first-order valence-corrected chi connectivity index (χ1v) is 9.20. The number of carbonyl (C=O) groups is 1. The summed E-state index contributed by atoms with van der Waals surface area (Å²) in [6.45, 7) is 2.00. The van der Waals surface area contributed by atoms with Crippen LogP contribution >= 0.6 is 0 Å². The van der Waals surface area contributed by atoms with Gasteiger partial charge >= 0.3 is 0 Å². The zero-order valence-electron chi connectivity index (χ0n) is 16.2. The largest absolute Gasteiger partial charge is 0.495 e. The molecule has 4 rings (SSSR count). The van der Waals surface area contributed by atoms with Gasteiger partial charge in [0.25, 0.3) is 5.91 Å². The van der Waals surface area contributed by atoms with E-state index in [-0.39, 0.29) is 5.82 Å². The monoisotopic (exact) mass is 384 g/mol. The van der Waals surface area contributed by atoms with Crippen molar-refractivity contribution in [2.45, 2.75) is 6.92 Å². The lowest BCUT2D eigenvalue weighted by Crippen LogP contribution is -2.15. The highest BCUT2D eigenvalue weighted by Crippen LogP contribution is 2.25. The maximum absolute atomic E-state index is 12.9. The number of amides is 1. The number of nitrogens with one attached hydrogen (secondary N) is 1. The van der Waals surface area contributed by atoms with Crippen molar-refractivity contribution in [2.24, 2.45) is 0 Å². The molecule has 1 aromatic heterocycles. The number of carbonyl (C=O) groups excluding carboxylic acids is 1. The molecule has 1 heterocycles. The topological polar surface area (TPSA) is 69.0 Å². The summed E-state index contributed by atoms with van der Waals surface area (Å²) in [5.74, 6) is 0.851. The highest BCUT2D eigenvalue weighted by Gasteiger charge is 2.20. The Morgan fingerprint density at radius 2 is 1.62 bits per heavy atom. The van der Waals surface area contributed by atoms with Crippen molar-refractivity contribution in [2.75, 3.05) is 12.4 Å². The number of hydrogen-bond acceptors (Lipinski definition) is 4. The minimum Gasteiger partial charge on any atom is -0.495 e. The molecule has 3 aromatic carbocycles. The molecule has 1 amide bonds. The maximum atomic E-state index is 12.9. The number of aromatic nitrogens is 3. The van der Waals surface area contributed by atoms with Crippen LogP contribution in [0.25, 0.3) is 17.1 Å². The van der Waals surface area contributed by atoms with Gasteiger partial charge in [0.15, 0.2) is 5.82 Å². The molecule has 0 saturated carbocycles. The molecule has 144 valence electrons. The Labute approximate surface area is 168 Å². The van der Waals surface area contributed by atoms with Crippen LogP contribution in [-0.4, -0.2) is 27.8 Å². The van der Waals surface area contributed by atoms with E-state index in [1.165, 1.54) is 0 Å². The molecule has 0 fully saturated rings. The van der Waals surface area contributed by atoms with Crippen LogP contribution in [-0.2, 0) is 0 Å². The van der Waals surface area contributed by atoms with Gasteiger partial charge < -0.3 is 10.1 Å². The summed E-state index contributed by atoms with van der Waals surface area (Å²) in [7, 11) is 1.56. The summed E-state index contributed by atoms with van der Waals surface area (Å²) in [6.07, 6.45) is 0. The van der Waals surface area contributed by atoms with E-state index in [0.29, 0.717) is 17.3 Å². The second-order valence-corrected chi connectivity index (χ2v) is 6.48. The summed E-state index contributed by atoms with van der Waals surface area (Å²) in [4.78, 5) is 17.4. The van der Waals surface area contributed by atoms with Crippen LogP contribution in [0.1, 0.15) is 16.2 Å². The van der Waals surface area contributed by atoms with Crippen LogP contribution in [0.3, 0.4) is 0 Å². The number of methoxy groups -OCH3 is 1. The minimum absolute atomic E-state index is 0.0815. The number of anilines is 1. The average Bonchev–Trinajstić information content (AvgIpc) is 3.20. The molecule has 0 spiro atoms. The first-order chi connectivity index (χ1) is 14.2. The van der Waals surface area contributed by atoms with Crippen molar-refractivity contribution < 1.29 is 9.53 Å². The molecule has 4 aromatic rings. The molecule has 0 saturated heterocycles. The Kier molecular flexibility index (Phi) is 5.07. The molecule has 1 N–H and O–H groups in total. The number of hydrogen-bond donors (Lipinski definition) is 1.